The molecule has 0 aliphatic carbocycles. The van der Waals surface area contributed by atoms with E-state index >= 15 is 0 Å². The van der Waals surface area contributed by atoms with E-state index in [0.717, 1.165) is 43.2 Å². The summed E-state index contributed by atoms with van der Waals surface area (Å²) in [4.78, 5) is 0.908. The summed E-state index contributed by atoms with van der Waals surface area (Å²) in [6.45, 7) is 0. The Morgan fingerprint density at radius 2 is 1.23 bits per heavy atom. The largest absolute Gasteiger partial charge is 0.277 e. The lowest BCUT2D eigenvalue weighted by Crippen LogP contribution is -2.16. The molecule has 0 aliphatic heterocycles. The Morgan fingerprint density at radius 1 is 0.629 bits per heavy atom. The van der Waals surface area contributed by atoms with Crippen LogP contribution in [0.2, 0.25) is 8.67 Å². The zero-order valence-corrected chi connectivity index (χ0v) is 23.0. The van der Waals surface area contributed by atoms with Gasteiger partial charge in [0.2, 0.25) is 0 Å². The minimum absolute atomic E-state index is 0.00797. The van der Waals surface area contributed by atoms with Crippen molar-refractivity contribution in [1.29, 1.82) is 0 Å². The van der Waals surface area contributed by atoms with Crippen molar-refractivity contribution in [1.82, 2.24) is 0 Å². The Morgan fingerprint density at radius 3 is 1.80 bits per heavy atom. The van der Waals surface area contributed by atoms with Gasteiger partial charge in [0, 0.05) is 9.58 Å². The van der Waals surface area contributed by atoms with Crippen LogP contribution in [0.15, 0.2) is 81.2 Å². The van der Waals surface area contributed by atoms with Gasteiger partial charge in [-0.3, -0.25) is 9.44 Å². The highest BCUT2D eigenvalue weighted by Gasteiger charge is 2.23. The number of fused-ring (bicyclic) bond motifs is 1. The maximum Gasteiger partial charge on any atom is 0.271 e. The molecule has 0 amide bonds. The Balaban J connectivity index is 1.59. The topological polar surface area (TPSA) is 92.3 Å². The summed E-state index contributed by atoms with van der Waals surface area (Å²) in [5.41, 5.74) is 0.886. The van der Waals surface area contributed by atoms with E-state index in [9.17, 15) is 16.8 Å². The molecule has 3 aromatic heterocycles. The van der Waals surface area contributed by atoms with Crippen LogP contribution in [-0.4, -0.2) is 16.8 Å². The van der Waals surface area contributed by atoms with Crippen LogP contribution >= 0.6 is 57.2 Å². The molecule has 0 spiro atoms. The van der Waals surface area contributed by atoms with Crippen LogP contribution in [-0.2, 0) is 20.0 Å². The molecule has 0 fully saturated rings. The molecule has 5 rings (SSSR count). The van der Waals surface area contributed by atoms with Crippen LogP contribution in [0.5, 0.6) is 0 Å². The Bertz CT molecular complexity index is 1740. The summed E-state index contributed by atoms with van der Waals surface area (Å²) < 4.78 is 58.7. The van der Waals surface area contributed by atoms with E-state index in [1.807, 2.05) is 30.3 Å². The predicted molar refractivity (Wildman–Crippen MR) is 148 cm³/mol. The van der Waals surface area contributed by atoms with Crippen LogP contribution in [0.25, 0.3) is 20.5 Å². The molecule has 0 saturated carbocycles. The molecule has 0 radical (unpaired) electrons. The number of nitrogens with one attached hydrogen (secondary N) is 2. The lowest BCUT2D eigenvalue weighted by atomic mass is 10.1. The average molecular weight is 602 g/mol. The standard InChI is InChI=1S/C22H14Cl2N2O4S5/c23-19-7-9-21(32-19)34(27,28)25-15-6-5-14(18-12-13-3-1-2-4-17(13)31-18)11-16(15)26-35(29,30)22-10-8-20(24)33-22/h1-12,25-26H. The zero-order valence-electron chi connectivity index (χ0n) is 17.4. The number of anilines is 2. The highest BCUT2D eigenvalue weighted by molar-refractivity contribution is 7.95. The number of hydrogen-bond donors (Lipinski definition) is 2. The SMILES string of the molecule is O=S(=O)(Nc1ccc(-c2cc3ccccc3s2)cc1NS(=O)(=O)c1ccc(Cl)s1)c1ccc(Cl)s1. The second-order valence-electron chi connectivity index (χ2n) is 7.24. The summed E-state index contributed by atoms with van der Waals surface area (Å²) in [5, 5.41) is 1.06. The smallest absolute Gasteiger partial charge is 0.271 e. The van der Waals surface area contributed by atoms with Crippen molar-refractivity contribution in [3.05, 3.63) is 81.5 Å². The summed E-state index contributed by atoms with van der Waals surface area (Å²) in [5.74, 6) is 0. The molecule has 0 atom stereocenters. The van der Waals surface area contributed by atoms with Crippen LogP contribution in [0.4, 0.5) is 11.4 Å². The van der Waals surface area contributed by atoms with Crippen molar-refractivity contribution >= 4 is 98.7 Å². The van der Waals surface area contributed by atoms with Crippen molar-refractivity contribution in [2.45, 2.75) is 8.42 Å². The van der Waals surface area contributed by atoms with Gasteiger partial charge in [0.25, 0.3) is 20.0 Å². The van der Waals surface area contributed by atoms with E-state index in [-0.39, 0.29) is 19.8 Å². The first-order chi connectivity index (χ1) is 16.6. The van der Waals surface area contributed by atoms with Crippen LogP contribution in [0.3, 0.4) is 0 Å². The fourth-order valence-corrected chi connectivity index (χ4v) is 9.44. The number of halogens is 2. The molecule has 6 nitrogen and oxygen atoms in total. The zero-order chi connectivity index (χ0) is 24.8. The molecule has 0 bridgehead atoms. The van der Waals surface area contributed by atoms with Gasteiger partial charge in [-0.05, 0) is 59.5 Å². The Labute approximate surface area is 223 Å². The normalized spacial score (nSPS) is 12.2. The second kappa shape index (κ2) is 9.40. The number of rotatable bonds is 7. The summed E-state index contributed by atoms with van der Waals surface area (Å²) in [7, 11) is -8.02. The third kappa shape index (κ3) is 5.21. The van der Waals surface area contributed by atoms with Crippen molar-refractivity contribution in [2.24, 2.45) is 0 Å². The maximum absolute atomic E-state index is 13.0. The van der Waals surface area contributed by atoms with Gasteiger partial charge in [-0.1, -0.05) is 47.5 Å². The molecule has 0 unspecified atom stereocenters. The van der Waals surface area contributed by atoms with Gasteiger partial charge in [-0.25, -0.2) is 16.8 Å². The Hall–Kier alpha value is -2.12. The molecule has 5 aromatic rings. The molecule has 3 heterocycles. The number of benzene rings is 2. The summed E-state index contributed by atoms with van der Waals surface area (Å²) in [6.07, 6.45) is 0. The molecule has 2 N–H and O–H groups in total. The van der Waals surface area contributed by atoms with Gasteiger partial charge in [0.1, 0.15) is 8.42 Å². The summed E-state index contributed by atoms with van der Waals surface area (Å²) >= 11 is 15.2. The summed E-state index contributed by atoms with van der Waals surface area (Å²) in [6, 6.07) is 20.5. The fourth-order valence-electron chi connectivity index (χ4n) is 3.27. The highest BCUT2D eigenvalue weighted by Crippen LogP contribution is 2.38. The van der Waals surface area contributed by atoms with E-state index in [0.29, 0.717) is 8.67 Å². The molecular weight excluding hydrogens is 587 g/mol. The van der Waals surface area contributed by atoms with Crippen molar-refractivity contribution in [3.8, 4) is 10.4 Å². The van der Waals surface area contributed by atoms with Crippen molar-refractivity contribution in [2.75, 3.05) is 9.44 Å². The maximum atomic E-state index is 13.0. The quantitative estimate of drug-likeness (QED) is 0.201. The van der Waals surface area contributed by atoms with Gasteiger partial charge in [0.05, 0.1) is 20.0 Å². The van der Waals surface area contributed by atoms with Crippen LogP contribution in [0.1, 0.15) is 0 Å². The molecule has 180 valence electrons. The molecule has 0 aliphatic rings. The lowest BCUT2D eigenvalue weighted by molar-refractivity contribution is 0.601. The van der Waals surface area contributed by atoms with Gasteiger partial charge >= 0.3 is 0 Å². The minimum Gasteiger partial charge on any atom is -0.277 e. The van der Waals surface area contributed by atoms with Gasteiger partial charge in [0.15, 0.2) is 0 Å². The van der Waals surface area contributed by atoms with Gasteiger partial charge in [-0.2, -0.15) is 0 Å². The van der Waals surface area contributed by atoms with E-state index in [1.165, 1.54) is 30.3 Å². The van der Waals surface area contributed by atoms with Gasteiger partial charge in [-0.15, -0.1) is 34.0 Å². The average Bonchev–Trinajstić information content (AvgIpc) is 3.54. The third-order valence-electron chi connectivity index (χ3n) is 4.85. The number of thiophene rings is 3. The second-order valence-corrected chi connectivity index (χ2v) is 15.6. The van der Waals surface area contributed by atoms with Crippen LogP contribution in [0, 0.1) is 0 Å². The van der Waals surface area contributed by atoms with E-state index in [2.05, 4.69) is 9.44 Å². The monoisotopic (exact) mass is 600 g/mol. The first-order valence-corrected chi connectivity index (χ1v) is 16.0. The number of hydrogen-bond acceptors (Lipinski definition) is 7. The molecule has 35 heavy (non-hydrogen) atoms. The third-order valence-corrected chi connectivity index (χ3v) is 12.2. The first-order valence-electron chi connectivity index (χ1n) is 9.80. The highest BCUT2D eigenvalue weighted by atomic mass is 35.5. The van der Waals surface area contributed by atoms with E-state index in [4.69, 9.17) is 23.2 Å². The molecule has 2 aromatic carbocycles. The molecular formula is C22H14Cl2N2O4S5. The minimum atomic E-state index is -4.02. The van der Waals surface area contributed by atoms with Crippen molar-refractivity contribution in [3.63, 3.8) is 0 Å². The fraction of sp³-hybridized carbons (Fsp3) is 0. The molecule has 13 heteroatoms. The Kier molecular flexibility index (Phi) is 6.60. The number of sulfonamides is 2. The van der Waals surface area contributed by atoms with Gasteiger partial charge < -0.3 is 0 Å². The molecule has 0 saturated heterocycles. The lowest BCUT2D eigenvalue weighted by Gasteiger charge is -2.15. The van der Waals surface area contributed by atoms with Crippen LogP contribution < -0.4 is 9.44 Å². The predicted octanol–water partition coefficient (Wildman–Crippen LogP) is 7.60. The first kappa shape index (κ1) is 24.6. The van der Waals surface area contributed by atoms with E-state index < -0.39 is 20.0 Å². The van der Waals surface area contributed by atoms with E-state index in [1.54, 1.807) is 23.5 Å². The van der Waals surface area contributed by atoms with Crippen molar-refractivity contribution < 1.29 is 16.8 Å².